The monoisotopic (exact) mass is 297 g/mol. The Morgan fingerprint density at radius 1 is 1.17 bits per heavy atom. The molecule has 1 fully saturated rings. The van der Waals surface area contributed by atoms with Gasteiger partial charge in [0, 0.05) is 15.8 Å². The molecule has 0 saturated heterocycles. The van der Waals surface area contributed by atoms with Crippen molar-refractivity contribution in [2.45, 2.75) is 37.8 Å². The molecule has 1 N–H and O–H groups in total. The minimum atomic E-state index is 0.325. The standard InChI is InChI=1S/C14H16ClNS2/c15-13-8-7-12(18-13)14(11-6-3-9-17-11)16-10-4-1-2-5-10/h3,6-10,14,16H,1-2,4-5H2. The lowest BCUT2D eigenvalue weighted by molar-refractivity contribution is 0.487. The molecule has 4 heteroatoms. The number of rotatable bonds is 4. The molecule has 0 spiro atoms. The van der Waals surface area contributed by atoms with Gasteiger partial charge in [-0.05, 0) is 36.4 Å². The van der Waals surface area contributed by atoms with Gasteiger partial charge in [-0.3, -0.25) is 0 Å². The largest absolute Gasteiger partial charge is 0.302 e. The van der Waals surface area contributed by atoms with Gasteiger partial charge < -0.3 is 5.32 Å². The Bertz CT molecular complexity index is 486. The number of hydrogen-bond acceptors (Lipinski definition) is 3. The number of nitrogens with one attached hydrogen (secondary N) is 1. The van der Waals surface area contributed by atoms with Crippen LogP contribution in [-0.2, 0) is 0 Å². The first-order chi connectivity index (χ1) is 8.83. The summed E-state index contributed by atoms with van der Waals surface area (Å²) in [6, 6.07) is 9.48. The van der Waals surface area contributed by atoms with E-state index in [9.17, 15) is 0 Å². The zero-order valence-electron chi connectivity index (χ0n) is 10.1. The van der Waals surface area contributed by atoms with Crippen LogP contribution in [0.2, 0.25) is 4.34 Å². The highest BCUT2D eigenvalue weighted by molar-refractivity contribution is 7.16. The molecule has 1 unspecified atom stereocenters. The SMILES string of the molecule is Clc1ccc(C(NC2CCCC2)c2cccs2)s1. The molecule has 1 saturated carbocycles. The fourth-order valence-electron chi connectivity index (χ4n) is 2.57. The van der Waals surface area contributed by atoms with Gasteiger partial charge in [0.05, 0.1) is 10.4 Å². The minimum absolute atomic E-state index is 0.325. The lowest BCUT2D eigenvalue weighted by Gasteiger charge is -2.21. The van der Waals surface area contributed by atoms with E-state index in [4.69, 9.17) is 11.6 Å². The normalized spacial score (nSPS) is 18.3. The maximum Gasteiger partial charge on any atom is 0.0931 e. The summed E-state index contributed by atoms with van der Waals surface area (Å²) in [7, 11) is 0. The molecule has 2 aromatic rings. The van der Waals surface area contributed by atoms with Crippen LogP contribution in [-0.4, -0.2) is 6.04 Å². The van der Waals surface area contributed by atoms with Crippen molar-refractivity contribution in [3.05, 3.63) is 43.7 Å². The quantitative estimate of drug-likeness (QED) is 0.829. The van der Waals surface area contributed by atoms with Crippen LogP contribution >= 0.6 is 34.3 Å². The van der Waals surface area contributed by atoms with E-state index in [-0.39, 0.29) is 0 Å². The summed E-state index contributed by atoms with van der Waals surface area (Å²) in [6.07, 6.45) is 5.34. The Morgan fingerprint density at radius 2 is 2.00 bits per heavy atom. The summed E-state index contributed by atoms with van der Waals surface area (Å²) in [6.45, 7) is 0. The maximum atomic E-state index is 6.08. The van der Waals surface area contributed by atoms with Crippen molar-refractivity contribution in [1.82, 2.24) is 5.32 Å². The molecular formula is C14H16ClNS2. The van der Waals surface area contributed by atoms with E-state index in [0.29, 0.717) is 12.1 Å². The van der Waals surface area contributed by atoms with E-state index in [1.165, 1.54) is 35.4 Å². The molecule has 0 aromatic carbocycles. The lowest BCUT2D eigenvalue weighted by Crippen LogP contribution is -2.30. The van der Waals surface area contributed by atoms with Gasteiger partial charge in [0.1, 0.15) is 0 Å². The van der Waals surface area contributed by atoms with Gasteiger partial charge in [0.25, 0.3) is 0 Å². The highest BCUT2D eigenvalue weighted by atomic mass is 35.5. The van der Waals surface area contributed by atoms with E-state index < -0.39 is 0 Å². The van der Waals surface area contributed by atoms with E-state index in [1.54, 1.807) is 11.3 Å². The fourth-order valence-corrected chi connectivity index (χ4v) is 4.59. The van der Waals surface area contributed by atoms with Crippen LogP contribution in [0.5, 0.6) is 0 Å². The van der Waals surface area contributed by atoms with Gasteiger partial charge in [-0.2, -0.15) is 0 Å². The van der Waals surface area contributed by atoms with Crippen LogP contribution in [0.1, 0.15) is 41.5 Å². The first kappa shape index (κ1) is 12.7. The minimum Gasteiger partial charge on any atom is -0.302 e. The second-order valence-electron chi connectivity index (χ2n) is 4.74. The zero-order chi connectivity index (χ0) is 12.4. The molecule has 18 heavy (non-hydrogen) atoms. The third-order valence-corrected chi connectivity index (χ3v) is 5.70. The Balaban J connectivity index is 1.83. The molecule has 2 heterocycles. The molecule has 96 valence electrons. The number of halogens is 1. The zero-order valence-corrected chi connectivity index (χ0v) is 12.5. The van der Waals surface area contributed by atoms with Crippen molar-refractivity contribution in [3.63, 3.8) is 0 Å². The van der Waals surface area contributed by atoms with Gasteiger partial charge >= 0.3 is 0 Å². The predicted molar refractivity (Wildman–Crippen MR) is 80.9 cm³/mol. The Morgan fingerprint density at radius 3 is 2.61 bits per heavy atom. The predicted octanol–water partition coefficient (Wildman–Crippen LogP) is 5.08. The third kappa shape index (κ3) is 2.80. The third-order valence-electron chi connectivity index (χ3n) is 3.46. The molecular weight excluding hydrogens is 282 g/mol. The molecule has 0 aliphatic heterocycles. The van der Waals surface area contributed by atoms with Crippen molar-refractivity contribution in [3.8, 4) is 0 Å². The van der Waals surface area contributed by atoms with E-state index >= 15 is 0 Å². The molecule has 0 radical (unpaired) electrons. The summed E-state index contributed by atoms with van der Waals surface area (Å²) < 4.78 is 0.875. The van der Waals surface area contributed by atoms with E-state index in [1.807, 2.05) is 17.4 Å². The van der Waals surface area contributed by atoms with Crippen molar-refractivity contribution in [1.29, 1.82) is 0 Å². The van der Waals surface area contributed by atoms with Crippen LogP contribution in [0.4, 0.5) is 0 Å². The van der Waals surface area contributed by atoms with Gasteiger partial charge in [0.2, 0.25) is 0 Å². The first-order valence-electron chi connectivity index (χ1n) is 6.37. The Hall–Kier alpha value is -0.350. The maximum absolute atomic E-state index is 6.08. The van der Waals surface area contributed by atoms with Crippen LogP contribution in [0.25, 0.3) is 0 Å². The van der Waals surface area contributed by atoms with Gasteiger partial charge in [-0.1, -0.05) is 30.5 Å². The Kier molecular flexibility index (Phi) is 4.04. The van der Waals surface area contributed by atoms with Crippen molar-refractivity contribution in [2.75, 3.05) is 0 Å². The highest BCUT2D eigenvalue weighted by Crippen LogP contribution is 2.34. The van der Waals surface area contributed by atoms with Crippen LogP contribution in [0.15, 0.2) is 29.6 Å². The van der Waals surface area contributed by atoms with Gasteiger partial charge in [0.15, 0.2) is 0 Å². The number of hydrogen-bond donors (Lipinski definition) is 1. The summed E-state index contributed by atoms with van der Waals surface area (Å²) in [5.41, 5.74) is 0. The fraction of sp³-hybridized carbons (Fsp3) is 0.429. The van der Waals surface area contributed by atoms with E-state index in [0.717, 1.165) is 4.34 Å². The highest BCUT2D eigenvalue weighted by Gasteiger charge is 2.23. The molecule has 0 amide bonds. The van der Waals surface area contributed by atoms with Crippen LogP contribution in [0, 0.1) is 0 Å². The summed E-state index contributed by atoms with van der Waals surface area (Å²) in [4.78, 5) is 2.72. The average Bonchev–Trinajstić information content (AvgIpc) is 3.09. The van der Waals surface area contributed by atoms with Crippen LogP contribution < -0.4 is 5.32 Å². The van der Waals surface area contributed by atoms with Gasteiger partial charge in [-0.15, -0.1) is 22.7 Å². The smallest absolute Gasteiger partial charge is 0.0931 e. The summed E-state index contributed by atoms with van der Waals surface area (Å²) >= 11 is 9.58. The van der Waals surface area contributed by atoms with Crippen molar-refractivity contribution >= 4 is 34.3 Å². The Labute approximate surface area is 121 Å². The molecule has 1 atom stereocenters. The van der Waals surface area contributed by atoms with Crippen molar-refractivity contribution in [2.24, 2.45) is 0 Å². The topological polar surface area (TPSA) is 12.0 Å². The van der Waals surface area contributed by atoms with Gasteiger partial charge in [-0.25, -0.2) is 0 Å². The van der Waals surface area contributed by atoms with Crippen molar-refractivity contribution < 1.29 is 0 Å². The summed E-state index contributed by atoms with van der Waals surface area (Å²) in [5.74, 6) is 0. The molecule has 1 aliphatic rings. The second-order valence-corrected chi connectivity index (χ2v) is 7.46. The molecule has 3 rings (SSSR count). The molecule has 0 bridgehead atoms. The van der Waals surface area contributed by atoms with Crippen LogP contribution in [0.3, 0.4) is 0 Å². The summed E-state index contributed by atoms with van der Waals surface area (Å²) in [5, 5.41) is 5.96. The lowest BCUT2D eigenvalue weighted by atomic mass is 10.1. The molecule has 1 aliphatic carbocycles. The molecule has 2 aromatic heterocycles. The molecule has 1 nitrogen and oxygen atoms in total. The first-order valence-corrected chi connectivity index (χ1v) is 8.45. The second kappa shape index (κ2) is 5.74. The number of thiophene rings is 2. The average molecular weight is 298 g/mol. The van der Waals surface area contributed by atoms with E-state index in [2.05, 4.69) is 28.9 Å².